The van der Waals surface area contributed by atoms with E-state index in [2.05, 4.69) is 29.5 Å². The lowest BCUT2D eigenvalue weighted by atomic mass is 9.96. The van der Waals surface area contributed by atoms with Crippen molar-refractivity contribution in [2.75, 3.05) is 0 Å². The van der Waals surface area contributed by atoms with Gasteiger partial charge in [0.15, 0.2) is 0 Å². The SMILES string of the molecule is Cc1cc(Cl)c(C(N)c2ccc(I)c(Cl)c2)cc1C. The number of halogens is 3. The molecule has 0 heterocycles. The summed E-state index contributed by atoms with van der Waals surface area (Å²) in [5.41, 5.74) is 10.6. The average Bonchev–Trinajstić information content (AvgIpc) is 2.36. The van der Waals surface area contributed by atoms with E-state index in [1.54, 1.807) is 0 Å². The molecule has 4 heteroatoms. The Morgan fingerprint density at radius 2 is 1.63 bits per heavy atom. The highest BCUT2D eigenvalue weighted by molar-refractivity contribution is 14.1. The predicted octanol–water partition coefficient (Wildman–Crippen LogP) is 5.26. The van der Waals surface area contributed by atoms with Gasteiger partial charge < -0.3 is 5.73 Å². The Morgan fingerprint density at radius 3 is 2.26 bits per heavy atom. The van der Waals surface area contributed by atoms with Gasteiger partial charge in [0, 0.05) is 8.59 Å². The first-order valence-electron chi connectivity index (χ1n) is 5.87. The van der Waals surface area contributed by atoms with Crippen LogP contribution in [0.25, 0.3) is 0 Å². The Balaban J connectivity index is 2.46. The van der Waals surface area contributed by atoms with Crippen LogP contribution in [0.15, 0.2) is 30.3 Å². The lowest BCUT2D eigenvalue weighted by molar-refractivity contribution is 0.868. The van der Waals surface area contributed by atoms with Crippen molar-refractivity contribution in [3.05, 3.63) is 66.2 Å². The molecule has 0 bridgehead atoms. The monoisotopic (exact) mass is 405 g/mol. The summed E-state index contributed by atoms with van der Waals surface area (Å²) < 4.78 is 1.02. The quantitative estimate of drug-likeness (QED) is 0.677. The van der Waals surface area contributed by atoms with Gasteiger partial charge in [-0.1, -0.05) is 35.3 Å². The maximum Gasteiger partial charge on any atom is 0.0567 e. The topological polar surface area (TPSA) is 26.0 Å². The van der Waals surface area contributed by atoms with Gasteiger partial charge in [0.25, 0.3) is 0 Å². The molecule has 0 amide bonds. The summed E-state index contributed by atoms with van der Waals surface area (Å²) in [6.07, 6.45) is 0. The lowest BCUT2D eigenvalue weighted by Crippen LogP contribution is -2.13. The molecular formula is C15H14Cl2IN. The molecule has 2 rings (SSSR count). The van der Waals surface area contributed by atoms with Crippen LogP contribution in [0, 0.1) is 17.4 Å². The molecule has 1 nitrogen and oxygen atoms in total. The van der Waals surface area contributed by atoms with Crippen molar-refractivity contribution in [1.82, 2.24) is 0 Å². The summed E-state index contributed by atoms with van der Waals surface area (Å²) in [4.78, 5) is 0. The standard InChI is InChI=1S/C15H14Cl2IN/c1-8-5-11(12(16)6-9(8)2)15(19)10-3-4-14(18)13(17)7-10/h3-7,15H,19H2,1-2H3. The molecule has 0 spiro atoms. The fraction of sp³-hybridized carbons (Fsp3) is 0.200. The van der Waals surface area contributed by atoms with Crippen molar-refractivity contribution in [2.24, 2.45) is 5.73 Å². The predicted molar refractivity (Wildman–Crippen MR) is 91.1 cm³/mol. The minimum absolute atomic E-state index is 0.263. The Bertz CT molecular complexity index is 626. The molecule has 2 aromatic carbocycles. The second-order valence-corrected chi connectivity index (χ2v) is 6.59. The normalized spacial score (nSPS) is 12.5. The smallest absolute Gasteiger partial charge is 0.0567 e. The Kier molecular flexibility index (Phi) is 4.77. The van der Waals surface area contributed by atoms with Crippen LogP contribution in [0.5, 0.6) is 0 Å². The van der Waals surface area contributed by atoms with Crippen LogP contribution in [0.1, 0.15) is 28.3 Å². The van der Waals surface area contributed by atoms with Gasteiger partial charge in [-0.2, -0.15) is 0 Å². The fourth-order valence-corrected chi connectivity index (χ4v) is 2.79. The van der Waals surface area contributed by atoms with E-state index >= 15 is 0 Å². The van der Waals surface area contributed by atoms with Crippen LogP contribution in [0.3, 0.4) is 0 Å². The van der Waals surface area contributed by atoms with E-state index in [9.17, 15) is 0 Å². The minimum Gasteiger partial charge on any atom is -0.320 e. The summed E-state index contributed by atoms with van der Waals surface area (Å²) in [7, 11) is 0. The van der Waals surface area contributed by atoms with Crippen molar-refractivity contribution >= 4 is 45.8 Å². The fourth-order valence-electron chi connectivity index (χ4n) is 1.93. The highest BCUT2D eigenvalue weighted by Gasteiger charge is 2.14. The Labute approximate surface area is 137 Å². The van der Waals surface area contributed by atoms with Gasteiger partial charge in [-0.3, -0.25) is 0 Å². The second kappa shape index (κ2) is 6.00. The minimum atomic E-state index is -0.263. The summed E-state index contributed by atoms with van der Waals surface area (Å²) in [6, 6.07) is 9.60. The average molecular weight is 406 g/mol. The molecule has 2 aromatic rings. The van der Waals surface area contributed by atoms with E-state index < -0.39 is 0 Å². The van der Waals surface area contributed by atoms with Crippen molar-refractivity contribution in [1.29, 1.82) is 0 Å². The van der Waals surface area contributed by atoms with E-state index in [1.807, 2.05) is 37.3 Å². The zero-order chi connectivity index (χ0) is 14.2. The van der Waals surface area contributed by atoms with Crippen LogP contribution in [0.2, 0.25) is 10.0 Å². The van der Waals surface area contributed by atoms with Crippen LogP contribution in [-0.4, -0.2) is 0 Å². The van der Waals surface area contributed by atoms with Crippen molar-refractivity contribution in [3.63, 3.8) is 0 Å². The van der Waals surface area contributed by atoms with Crippen molar-refractivity contribution < 1.29 is 0 Å². The number of hydrogen-bond donors (Lipinski definition) is 1. The third-order valence-corrected chi connectivity index (χ3v) is 5.15. The summed E-state index contributed by atoms with van der Waals surface area (Å²) >= 11 is 14.6. The van der Waals surface area contributed by atoms with Gasteiger partial charge in [0.1, 0.15) is 0 Å². The molecule has 0 aromatic heterocycles. The number of aryl methyl sites for hydroxylation is 2. The summed E-state index contributed by atoms with van der Waals surface area (Å²) in [5, 5.41) is 1.42. The molecule has 0 saturated carbocycles. The van der Waals surface area contributed by atoms with Crippen LogP contribution < -0.4 is 5.73 Å². The first kappa shape index (κ1) is 15.1. The first-order valence-corrected chi connectivity index (χ1v) is 7.71. The molecule has 0 saturated heterocycles. The van der Waals surface area contributed by atoms with Crippen LogP contribution >= 0.6 is 45.8 Å². The highest BCUT2D eigenvalue weighted by atomic mass is 127. The molecule has 0 fully saturated rings. The van der Waals surface area contributed by atoms with Gasteiger partial charge in [0.05, 0.1) is 11.1 Å². The van der Waals surface area contributed by atoms with Gasteiger partial charge in [-0.15, -0.1) is 0 Å². The number of nitrogens with two attached hydrogens (primary N) is 1. The zero-order valence-electron chi connectivity index (χ0n) is 10.7. The summed E-state index contributed by atoms with van der Waals surface area (Å²) in [5.74, 6) is 0. The van der Waals surface area contributed by atoms with Gasteiger partial charge in [-0.05, 0) is 76.9 Å². The first-order chi connectivity index (χ1) is 8.90. The van der Waals surface area contributed by atoms with Crippen molar-refractivity contribution in [3.8, 4) is 0 Å². The summed E-state index contributed by atoms with van der Waals surface area (Å²) in [6.45, 7) is 4.10. The second-order valence-electron chi connectivity index (χ2n) is 4.61. The van der Waals surface area contributed by atoms with Crippen LogP contribution in [0.4, 0.5) is 0 Å². The molecular weight excluding hydrogens is 392 g/mol. The van der Waals surface area contributed by atoms with E-state index in [0.29, 0.717) is 10.0 Å². The van der Waals surface area contributed by atoms with E-state index in [0.717, 1.165) is 14.7 Å². The molecule has 0 aliphatic rings. The van der Waals surface area contributed by atoms with E-state index in [4.69, 9.17) is 28.9 Å². The number of benzene rings is 2. The third-order valence-electron chi connectivity index (χ3n) is 3.25. The highest BCUT2D eigenvalue weighted by Crippen LogP contribution is 2.31. The largest absolute Gasteiger partial charge is 0.320 e. The van der Waals surface area contributed by atoms with Gasteiger partial charge in [0.2, 0.25) is 0 Å². The van der Waals surface area contributed by atoms with E-state index in [-0.39, 0.29) is 6.04 Å². The van der Waals surface area contributed by atoms with Gasteiger partial charge >= 0.3 is 0 Å². The molecule has 1 unspecified atom stereocenters. The maximum atomic E-state index is 6.31. The molecule has 100 valence electrons. The Morgan fingerprint density at radius 1 is 1.00 bits per heavy atom. The third kappa shape index (κ3) is 3.24. The molecule has 0 aliphatic carbocycles. The van der Waals surface area contributed by atoms with Crippen molar-refractivity contribution in [2.45, 2.75) is 19.9 Å². The van der Waals surface area contributed by atoms with Crippen LogP contribution in [-0.2, 0) is 0 Å². The molecule has 19 heavy (non-hydrogen) atoms. The number of hydrogen-bond acceptors (Lipinski definition) is 1. The maximum absolute atomic E-state index is 6.31. The Hall–Kier alpha value is -0.290. The van der Waals surface area contributed by atoms with Gasteiger partial charge in [-0.25, -0.2) is 0 Å². The molecule has 0 radical (unpaired) electrons. The molecule has 0 aliphatic heterocycles. The number of rotatable bonds is 2. The lowest BCUT2D eigenvalue weighted by Gasteiger charge is -2.17. The molecule has 2 N–H and O–H groups in total. The van der Waals surface area contributed by atoms with E-state index in [1.165, 1.54) is 11.1 Å². The molecule has 1 atom stereocenters. The zero-order valence-corrected chi connectivity index (χ0v) is 14.3.